The molecule has 0 unspecified atom stereocenters. The van der Waals surface area contributed by atoms with Gasteiger partial charge in [-0.2, -0.15) is 5.26 Å². The van der Waals surface area contributed by atoms with E-state index < -0.39 is 0 Å². The molecule has 6 heteroatoms. The summed E-state index contributed by atoms with van der Waals surface area (Å²) in [6.45, 7) is 0.420. The van der Waals surface area contributed by atoms with Gasteiger partial charge in [-0.1, -0.05) is 0 Å². The molecule has 23 heavy (non-hydrogen) atoms. The standard InChI is InChI=1S/C17H13N3O3/c1-21-12-4-2-11(3-5-12)17-19-13-8-15-16(23-10-22-15)9-14(13)20(17)7-6-18/h2-5,8-9H,7,10H2,1H3. The minimum atomic E-state index is 0.206. The Balaban J connectivity index is 1.91. The molecule has 0 N–H and O–H groups in total. The van der Waals surface area contributed by atoms with Crippen LogP contribution in [0.3, 0.4) is 0 Å². The van der Waals surface area contributed by atoms with Gasteiger partial charge in [-0.25, -0.2) is 4.98 Å². The van der Waals surface area contributed by atoms with Crippen LogP contribution >= 0.6 is 0 Å². The maximum Gasteiger partial charge on any atom is 0.231 e. The monoisotopic (exact) mass is 307 g/mol. The van der Waals surface area contributed by atoms with Gasteiger partial charge in [0, 0.05) is 17.7 Å². The van der Waals surface area contributed by atoms with Gasteiger partial charge >= 0.3 is 0 Å². The van der Waals surface area contributed by atoms with Gasteiger partial charge in [0.05, 0.1) is 24.2 Å². The molecular weight excluding hydrogens is 294 g/mol. The third-order valence-corrected chi connectivity index (χ3v) is 3.82. The maximum atomic E-state index is 9.17. The first-order chi connectivity index (χ1) is 11.3. The fraction of sp³-hybridized carbons (Fsp3) is 0.176. The van der Waals surface area contributed by atoms with Gasteiger partial charge < -0.3 is 18.8 Å². The summed E-state index contributed by atoms with van der Waals surface area (Å²) in [4.78, 5) is 4.67. The molecule has 0 aliphatic carbocycles. The van der Waals surface area contributed by atoms with Crippen LogP contribution in [0.15, 0.2) is 36.4 Å². The van der Waals surface area contributed by atoms with Crippen LogP contribution in [0.25, 0.3) is 22.4 Å². The summed E-state index contributed by atoms with van der Waals surface area (Å²) < 4.78 is 17.9. The Morgan fingerprint density at radius 2 is 1.96 bits per heavy atom. The highest BCUT2D eigenvalue weighted by Gasteiger charge is 2.19. The number of hydrogen-bond donors (Lipinski definition) is 0. The molecule has 0 amide bonds. The van der Waals surface area contributed by atoms with Crippen molar-refractivity contribution in [2.45, 2.75) is 6.54 Å². The number of aromatic nitrogens is 2. The van der Waals surface area contributed by atoms with E-state index in [1.165, 1.54) is 0 Å². The average Bonchev–Trinajstić information content (AvgIpc) is 3.18. The van der Waals surface area contributed by atoms with Gasteiger partial charge in [0.2, 0.25) is 6.79 Å². The number of benzene rings is 2. The minimum Gasteiger partial charge on any atom is -0.497 e. The average molecular weight is 307 g/mol. The van der Waals surface area contributed by atoms with E-state index in [9.17, 15) is 0 Å². The third-order valence-electron chi connectivity index (χ3n) is 3.82. The SMILES string of the molecule is COc1ccc(-c2nc3cc4c(cc3n2CC#N)OCO4)cc1. The second-order valence-electron chi connectivity index (χ2n) is 5.10. The number of imidazole rings is 1. The lowest BCUT2D eigenvalue weighted by Crippen LogP contribution is -1.99. The Morgan fingerprint density at radius 3 is 2.65 bits per heavy atom. The Kier molecular flexibility index (Phi) is 3.05. The quantitative estimate of drug-likeness (QED) is 0.744. The first-order valence-corrected chi connectivity index (χ1v) is 7.11. The molecule has 0 fully saturated rings. The number of ether oxygens (including phenoxy) is 3. The van der Waals surface area contributed by atoms with E-state index in [0.29, 0.717) is 11.5 Å². The molecule has 2 heterocycles. The van der Waals surface area contributed by atoms with E-state index in [1.54, 1.807) is 7.11 Å². The number of hydrogen-bond acceptors (Lipinski definition) is 5. The van der Waals surface area contributed by atoms with E-state index in [2.05, 4.69) is 11.1 Å². The largest absolute Gasteiger partial charge is 0.497 e. The predicted molar refractivity (Wildman–Crippen MR) is 83.5 cm³/mol. The summed E-state index contributed by atoms with van der Waals surface area (Å²) in [5.74, 6) is 2.86. The summed E-state index contributed by atoms with van der Waals surface area (Å²) in [5, 5.41) is 9.17. The third kappa shape index (κ3) is 2.14. The van der Waals surface area contributed by atoms with E-state index >= 15 is 0 Å². The van der Waals surface area contributed by atoms with Crippen LogP contribution in [0.4, 0.5) is 0 Å². The molecule has 0 atom stereocenters. The second kappa shape index (κ2) is 5.21. The zero-order chi connectivity index (χ0) is 15.8. The van der Waals surface area contributed by atoms with Crippen molar-refractivity contribution >= 4 is 11.0 Å². The number of fused-ring (bicyclic) bond motifs is 2. The molecule has 4 rings (SSSR count). The molecular formula is C17H13N3O3. The fourth-order valence-electron chi connectivity index (χ4n) is 2.71. The normalized spacial score (nSPS) is 12.3. The van der Waals surface area contributed by atoms with E-state index in [1.807, 2.05) is 41.0 Å². The molecule has 114 valence electrons. The van der Waals surface area contributed by atoms with E-state index in [0.717, 1.165) is 28.2 Å². The lowest BCUT2D eigenvalue weighted by molar-refractivity contribution is 0.174. The van der Waals surface area contributed by atoms with Crippen LogP contribution in [0.5, 0.6) is 17.2 Å². The van der Waals surface area contributed by atoms with Gasteiger partial charge in [0.15, 0.2) is 11.5 Å². The predicted octanol–water partition coefficient (Wildman–Crippen LogP) is 2.96. The zero-order valence-corrected chi connectivity index (χ0v) is 12.4. The minimum absolute atomic E-state index is 0.206. The van der Waals surface area contributed by atoms with Gasteiger partial charge in [0.1, 0.15) is 18.1 Å². The molecule has 1 aliphatic heterocycles. The smallest absolute Gasteiger partial charge is 0.231 e. The van der Waals surface area contributed by atoms with Gasteiger partial charge in [0.25, 0.3) is 0 Å². The molecule has 1 aromatic heterocycles. The molecule has 1 aliphatic rings. The van der Waals surface area contributed by atoms with Crippen molar-refractivity contribution in [1.29, 1.82) is 5.26 Å². The number of nitrogens with zero attached hydrogens (tertiary/aromatic N) is 3. The first kappa shape index (κ1) is 13.5. The van der Waals surface area contributed by atoms with Crippen molar-refractivity contribution in [2.24, 2.45) is 0 Å². The number of methoxy groups -OCH3 is 1. The van der Waals surface area contributed by atoms with Gasteiger partial charge in [-0.05, 0) is 24.3 Å². The van der Waals surface area contributed by atoms with E-state index in [4.69, 9.17) is 19.5 Å². The van der Waals surface area contributed by atoms with Crippen molar-refractivity contribution in [3.05, 3.63) is 36.4 Å². The van der Waals surface area contributed by atoms with Crippen molar-refractivity contribution in [1.82, 2.24) is 9.55 Å². The summed E-state index contributed by atoms with van der Waals surface area (Å²) in [7, 11) is 1.63. The molecule has 0 saturated carbocycles. The topological polar surface area (TPSA) is 69.3 Å². The molecule has 0 saturated heterocycles. The van der Waals surface area contributed by atoms with Crippen molar-refractivity contribution in [2.75, 3.05) is 13.9 Å². The molecule has 0 radical (unpaired) electrons. The van der Waals surface area contributed by atoms with Crippen LogP contribution in [-0.2, 0) is 6.54 Å². The molecule has 3 aromatic rings. The highest BCUT2D eigenvalue weighted by molar-refractivity contribution is 5.84. The summed E-state index contributed by atoms with van der Waals surface area (Å²) in [5.41, 5.74) is 2.54. The van der Waals surface area contributed by atoms with Crippen molar-refractivity contribution < 1.29 is 14.2 Å². The molecule has 6 nitrogen and oxygen atoms in total. The van der Waals surface area contributed by atoms with Crippen molar-refractivity contribution in [3.8, 4) is 34.7 Å². The van der Waals surface area contributed by atoms with Gasteiger partial charge in [-0.15, -0.1) is 0 Å². The molecule has 0 bridgehead atoms. The molecule has 2 aromatic carbocycles. The summed E-state index contributed by atoms with van der Waals surface area (Å²) >= 11 is 0. The van der Waals surface area contributed by atoms with Crippen LogP contribution in [0.1, 0.15) is 0 Å². The zero-order valence-electron chi connectivity index (χ0n) is 12.4. The van der Waals surface area contributed by atoms with Crippen LogP contribution in [0.2, 0.25) is 0 Å². The van der Waals surface area contributed by atoms with Crippen LogP contribution in [0, 0.1) is 11.3 Å². The molecule has 0 spiro atoms. The number of rotatable bonds is 3. The van der Waals surface area contributed by atoms with Crippen LogP contribution in [-0.4, -0.2) is 23.5 Å². The van der Waals surface area contributed by atoms with Crippen molar-refractivity contribution in [3.63, 3.8) is 0 Å². The Morgan fingerprint density at radius 1 is 1.22 bits per heavy atom. The highest BCUT2D eigenvalue weighted by atomic mass is 16.7. The highest BCUT2D eigenvalue weighted by Crippen LogP contribution is 2.37. The lowest BCUT2D eigenvalue weighted by atomic mass is 10.2. The number of nitriles is 1. The van der Waals surface area contributed by atoms with Gasteiger partial charge in [-0.3, -0.25) is 0 Å². The maximum absolute atomic E-state index is 9.17. The fourth-order valence-corrected chi connectivity index (χ4v) is 2.71. The first-order valence-electron chi connectivity index (χ1n) is 7.11. The Bertz CT molecular complexity index is 923. The second-order valence-corrected chi connectivity index (χ2v) is 5.10. The lowest BCUT2D eigenvalue weighted by Gasteiger charge is -2.06. The van der Waals surface area contributed by atoms with E-state index in [-0.39, 0.29) is 13.3 Å². The summed E-state index contributed by atoms with van der Waals surface area (Å²) in [6.07, 6.45) is 0. The van der Waals surface area contributed by atoms with Crippen LogP contribution < -0.4 is 14.2 Å². The summed E-state index contributed by atoms with van der Waals surface area (Å²) in [6, 6.07) is 13.5. The Hall–Kier alpha value is -3.20. The Labute approximate surface area is 132 Å².